The Labute approximate surface area is 203 Å². The van der Waals surface area contributed by atoms with Crippen LogP contribution in [0.2, 0.25) is 5.02 Å². The predicted octanol–water partition coefficient (Wildman–Crippen LogP) is 0.748. The lowest BCUT2D eigenvalue weighted by Gasteiger charge is -2.23. The summed E-state index contributed by atoms with van der Waals surface area (Å²) in [5, 5.41) is 27.7. The van der Waals surface area contributed by atoms with E-state index < -0.39 is 58.7 Å². The first-order valence-electron chi connectivity index (χ1n) is 9.48. The van der Waals surface area contributed by atoms with Crippen molar-refractivity contribution in [3.63, 3.8) is 0 Å². The highest BCUT2D eigenvalue weighted by molar-refractivity contribution is 7.92. The fourth-order valence-corrected chi connectivity index (χ4v) is 4.16. The number of sulfonamides is 1. The van der Waals surface area contributed by atoms with Crippen molar-refractivity contribution in [2.75, 3.05) is 17.4 Å². The van der Waals surface area contributed by atoms with E-state index in [2.05, 4.69) is 0 Å². The number of halogens is 2. The summed E-state index contributed by atoms with van der Waals surface area (Å²) in [6.07, 6.45) is -0.666. The monoisotopic (exact) mass is 533 g/mol. The van der Waals surface area contributed by atoms with Crippen LogP contribution in [0.4, 0.5) is 10.1 Å². The van der Waals surface area contributed by atoms with Gasteiger partial charge in [0.15, 0.2) is 0 Å². The lowest BCUT2D eigenvalue weighted by Crippen LogP contribution is -2.44. The third kappa shape index (κ3) is 9.19. The Morgan fingerprint density at radius 2 is 1.57 bits per heavy atom. The van der Waals surface area contributed by atoms with Crippen LogP contribution in [-0.4, -0.2) is 66.7 Å². The fourth-order valence-electron chi connectivity index (χ4n) is 2.44. The van der Waals surface area contributed by atoms with Crippen LogP contribution in [0.3, 0.4) is 0 Å². The number of benzene rings is 2. The van der Waals surface area contributed by atoms with Crippen LogP contribution in [0.15, 0.2) is 53.4 Å². The molecule has 0 aliphatic heterocycles. The molecule has 15 heteroatoms. The number of anilines is 1. The average molecular weight is 534 g/mol. The van der Waals surface area contributed by atoms with Gasteiger partial charge in [0.2, 0.25) is 5.91 Å². The number of carboxylic acids is 3. The zero-order chi connectivity index (χ0) is 26.8. The van der Waals surface area contributed by atoms with Gasteiger partial charge in [-0.05, 0) is 36.4 Å². The van der Waals surface area contributed by atoms with Crippen LogP contribution in [-0.2, 0) is 29.2 Å². The molecule has 0 unspecified atom stereocenters. The summed E-state index contributed by atoms with van der Waals surface area (Å²) in [5.41, 5.74) is 4.94. The number of hydrogen-bond acceptors (Lipinski definition) is 7. The number of amides is 1. The van der Waals surface area contributed by atoms with Crippen LogP contribution >= 0.6 is 11.6 Å². The van der Waals surface area contributed by atoms with Crippen molar-refractivity contribution >= 4 is 51.1 Å². The number of hydrogen-bond donors (Lipinski definition) is 5. The van der Waals surface area contributed by atoms with Crippen LogP contribution in [0, 0.1) is 5.82 Å². The minimum Gasteiger partial charge on any atom is -0.481 e. The number of nitrogens with one attached hydrogen (secondary N) is 1. The SMILES string of the molecule is NCC(=O)N[C@@H](CC(=O)O)C(=O)O.O=C(O)CN(c1ccccc1Cl)S(=O)(=O)c1ccc(F)cc1. The van der Waals surface area contributed by atoms with Crippen LogP contribution in [0.5, 0.6) is 0 Å². The van der Waals surface area contributed by atoms with E-state index in [1.54, 1.807) is 6.07 Å². The van der Waals surface area contributed by atoms with Crippen LogP contribution in [0.25, 0.3) is 0 Å². The molecule has 2 aromatic rings. The molecule has 0 spiro atoms. The molecule has 1 amide bonds. The third-order valence-corrected chi connectivity index (χ3v) is 6.09. The minimum atomic E-state index is -4.19. The van der Waals surface area contributed by atoms with E-state index >= 15 is 0 Å². The van der Waals surface area contributed by atoms with E-state index in [9.17, 15) is 32.0 Å². The number of rotatable bonds is 10. The molecule has 0 saturated carbocycles. The first-order chi connectivity index (χ1) is 16.3. The Kier molecular flexibility index (Phi) is 11.1. The number of aliphatic carboxylic acids is 3. The normalized spacial score (nSPS) is 11.4. The van der Waals surface area contributed by atoms with Crippen molar-refractivity contribution in [1.82, 2.24) is 5.32 Å². The van der Waals surface area contributed by atoms with E-state index in [1.807, 2.05) is 5.32 Å². The number of nitrogens with two attached hydrogens (primary N) is 1. The van der Waals surface area contributed by atoms with Crippen molar-refractivity contribution in [3.05, 3.63) is 59.4 Å². The van der Waals surface area contributed by atoms with E-state index in [1.165, 1.54) is 18.2 Å². The maximum absolute atomic E-state index is 12.9. The van der Waals surface area contributed by atoms with Crippen molar-refractivity contribution < 1.29 is 47.3 Å². The van der Waals surface area contributed by atoms with Crippen molar-refractivity contribution in [1.29, 1.82) is 0 Å². The van der Waals surface area contributed by atoms with Gasteiger partial charge >= 0.3 is 17.9 Å². The first-order valence-corrected chi connectivity index (χ1v) is 11.3. The van der Waals surface area contributed by atoms with Gasteiger partial charge in [-0.15, -0.1) is 0 Å². The van der Waals surface area contributed by atoms with Gasteiger partial charge < -0.3 is 26.4 Å². The standard InChI is InChI=1S/C14H11ClFNO4S.C6H10N2O5/c15-12-3-1-2-4-13(12)17(9-14(18)19)22(20,21)11-7-5-10(16)6-8-11;7-2-4(9)8-3(6(12)13)1-5(10)11/h1-8H,9H2,(H,18,19);3H,1-2,7H2,(H,8,9)(H,10,11)(H,12,13)/t;3-/m.0/s1. The van der Waals surface area contributed by atoms with Gasteiger partial charge in [-0.2, -0.15) is 0 Å². The van der Waals surface area contributed by atoms with Gasteiger partial charge in [0, 0.05) is 0 Å². The molecule has 2 aromatic carbocycles. The van der Waals surface area contributed by atoms with Crippen molar-refractivity contribution in [3.8, 4) is 0 Å². The summed E-state index contributed by atoms with van der Waals surface area (Å²) < 4.78 is 38.8. The Morgan fingerprint density at radius 1 is 1.00 bits per heavy atom. The van der Waals surface area contributed by atoms with E-state index in [0.29, 0.717) is 4.31 Å². The number of carbonyl (C=O) groups is 4. The summed E-state index contributed by atoms with van der Waals surface area (Å²) in [6, 6.07) is 8.65. The number of carbonyl (C=O) groups excluding carboxylic acids is 1. The van der Waals surface area contributed by atoms with Crippen LogP contribution in [0.1, 0.15) is 6.42 Å². The second-order valence-corrected chi connectivity index (χ2v) is 8.84. The highest BCUT2D eigenvalue weighted by Gasteiger charge is 2.28. The maximum atomic E-state index is 12.9. The average Bonchev–Trinajstić information content (AvgIpc) is 2.77. The third-order valence-electron chi connectivity index (χ3n) is 4.00. The molecule has 190 valence electrons. The molecule has 1 atom stereocenters. The van der Waals surface area contributed by atoms with Gasteiger partial charge in [-0.25, -0.2) is 17.6 Å². The van der Waals surface area contributed by atoms with Gasteiger partial charge in [-0.1, -0.05) is 23.7 Å². The molecule has 0 heterocycles. The molecule has 12 nitrogen and oxygen atoms in total. The first kappa shape index (κ1) is 29.3. The van der Waals surface area contributed by atoms with Crippen LogP contribution < -0.4 is 15.4 Å². The highest BCUT2D eigenvalue weighted by atomic mass is 35.5. The summed E-state index contributed by atoms with van der Waals surface area (Å²) >= 11 is 5.96. The fraction of sp³-hybridized carbons (Fsp3) is 0.200. The maximum Gasteiger partial charge on any atom is 0.326 e. The largest absolute Gasteiger partial charge is 0.481 e. The molecule has 6 N–H and O–H groups in total. The predicted molar refractivity (Wildman–Crippen MR) is 121 cm³/mol. The van der Waals surface area contributed by atoms with E-state index in [4.69, 9.17) is 32.7 Å². The van der Waals surface area contributed by atoms with Gasteiger partial charge in [-0.3, -0.25) is 18.7 Å². The number of nitrogens with zero attached hydrogens (tertiary/aromatic N) is 1. The molecule has 0 aliphatic rings. The van der Waals surface area contributed by atoms with Gasteiger partial charge in [0.25, 0.3) is 10.0 Å². The lowest BCUT2D eigenvalue weighted by atomic mass is 10.2. The van der Waals surface area contributed by atoms with E-state index in [0.717, 1.165) is 24.3 Å². The Balaban J connectivity index is 0.000000405. The molecule has 35 heavy (non-hydrogen) atoms. The van der Waals surface area contributed by atoms with Crippen molar-refractivity contribution in [2.24, 2.45) is 5.73 Å². The molecular formula is C20H21ClFN3O9S. The summed E-state index contributed by atoms with van der Waals surface area (Å²) in [6.45, 7) is -1.17. The number of para-hydroxylation sites is 1. The smallest absolute Gasteiger partial charge is 0.326 e. The lowest BCUT2D eigenvalue weighted by molar-refractivity contribution is -0.147. The summed E-state index contributed by atoms with van der Waals surface area (Å²) in [7, 11) is -4.19. The Hall–Kier alpha value is -3.75. The zero-order valence-corrected chi connectivity index (χ0v) is 19.4. The highest BCUT2D eigenvalue weighted by Crippen LogP contribution is 2.30. The Bertz CT molecular complexity index is 1180. The second kappa shape index (κ2) is 13.2. The second-order valence-electron chi connectivity index (χ2n) is 6.57. The molecule has 0 bridgehead atoms. The summed E-state index contributed by atoms with van der Waals surface area (Å²) in [4.78, 5) is 41.9. The molecule has 0 radical (unpaired) electrons. The minimum absolute atomic E-state index is 0.0379. The quantitative estimate of drug-likeness (QED) is 0.289. The van der Waals surface area contributed by atoms with Gasteiger partial charge in [0.05, 0.1) is 28.6 Å². The molecule has 0 fully saturated rings. The molecule has 0 aromatic heterocycles. The van der Waals surface area contributed by atoms with Gasteiger partial charge in [0.1, 0.15) is 18.4 Å². The summed E-state index contributed by atoms with van der Waals surface area (Å²) in [5.74, 6) is -5.34. The zero-order valence-electron chi connectivity index (χ0n) is 17.8. The van der Waals surface area contributed by atoms with Crippen molar-refractivity contribution in [2.45, 2.75) is 17.4 Å². The molecule has 0 saturated heterocycles. The molecule has 2 rings (SSSR count). The molecular weight excluding hydrogens is 513 g/mol. The van der Waals surface area contributed by atoms with E-state index in [-0.39, 0.29) is 22.2 Å². The molecule has 0 aliphatic carbocycles. The number of carboxylic acid groups (broad SMARTS) is 3. The Morgan fingerprint density at radius 3 is 2.03 bits per heavy atom. The topological polar surface area (TPSA) is 204 Å².